The summed E-state index contributed by atoms with van der Waals surface area (Å²) in [6.45, 7) is 11.9. The summed E-state index contributed by atoms with van der Waals surface area (Å²) in [5, 5.41) is 8.90. The standard InChI is InChI=1S/C29H48O5Si/c1-6-35(7-2,8-3)34-21-15-17-28(4)20(19-21)9-10-22-23-11-12-25(29(23,5)18-16-24(22)28)33-27(32)14-13-26(30)31/h9,21-25H,6-8,10-19H2,1-5H3,(H,30,31)/t21?,22-,23-,24-,25-,28-,29-/m0/s1. The minimum atomic E-state index is -1.58. The number of allylic oxidation sites excluding steroid dienone is 1. The predicted molar refractivity (Wildman–Crippen MR) is 141 cm³/mol. The van der Waals surface area contributed by atoms with Crippen LogP contribution in [-0.4, -0.2) is 37.6 Å². The fraction of sp³-hybridized carbons (Fsp3) is 0.862. The summed E-state index contributed by atoms with van der Waals surface area (Å²) in [7, 11) is -1.58. The van der Waals surface area contributed by atoms with Crippen LogP contribution in [0.2, 0.25) is 18.1 Å². The Morgan fingerprint density at radius 1 is 1.00 bits per heavy atom. The predicted octanol–water partition coefficient (Wildman–Crippen LogP) is 7.12. The van der Waals surface area contributed by atoms with Crippen molar-refractivity contribution in [3.63, 3.8) is 0 Å². The Kier molecular flexibility index (Phi) is 7.93. The van der Waals surface area contributed by atoms with Crippen molar-refractivity contribution < 1.29 is 23.9 Å². The maximum atomic E-state index is 12.3. The van der Waals surface area contributed by atoms with Gasteiger partial charge in [-0.15, -0.1) is 0 Å². The molecule has 6 heteroatoms. The lowest BCUT2D eigenvalue weighted by atomic mass is 9.48. The third kappa shape index (κ3) is 4.91. The molecule has 0 aliphatic heterocycles. The molecule has 0 spiro atoms. The van der Waals surface area contributed by atoms with Crippen molar-refractivity contribution in [2.45, 2.75) is 129 Å². The van der Waals surface area contributed by atoms with E-state index in [2.05, 4.69) is 40.7 Å². The lowest BCUT2D eigenvalue weighted by molar-refractivity contribution is -0.161. The van der Waals surface area contributed by atoms with Crippen molar-refractivity contribution in [3.8, 4) is 0 Å². The van der Waals surface area contributed by atoms with Crippen molar-refractivity contribution in [1.82, 2.24) is 0 Å². The second kappa shape index (κ2) is 10.3. The lowest BCUT2D eigenvalue weighted by Crippen LogP contribution is -2.52. The van der Waals surface area contributed by atoms with E-state index >= 15 is 0 Å². The summed E-state index contributed by atoms with van der Waals surface area (Å²) in [5.74, 6) is 0.681. The number of rotatable bonds is 9. The summed E-state index contributed by atoms with van der Waals surface area (Å²) < 4.78 is 12.8. The van der Waals surface area contributed by atoms with Gasteiger partial charge in [-0.25, -0.2) is 0 Å². The molecule has 4 rings (SSSR count). The normalized spacial score (nSPS) is 38.7. The molecule has 5 nitrogen and oxygen atoms in total. The molecule has 198 valence electrons. The van der Waals surface area contributed by atoms with Gasteiger partial charge in [0.1, 0.15) is 6.10 Å². The molecule has 7 atom stereocenters. The van der Waals surface area contributed by atoms with E-state index in [1.807, 2.05) is 0 Å². The van der Waals surface area contributed by atoms with E-state index in [4.69, 9.17) is 14.3 Å². The van der Waals surface area contributed by atoms with Crippen LogP contribution in [0.4, 0.5) is 0 Å². The minimum Gasteiger partial charge on any atom is -0.481 e. The number of carboxylic acids is 1. The van der Waals surface area contributed by atoms with Crippen molar-refractivity contribution in [1.29, 1.82) is 0 Å². The second-order valence-electron chi connectivity index (χ2n) is 12.5. The van der Waals surface area contributed by atoms with Gasteiger partial charge >= 0.3 is 11.9 Å². The summed E-state index contributed by atoms with van der Waals surface area (Å²) in [4.78, 5) is 23.2. The summed E-state index contributed by atoms with van der Waals surface area (Å²) >= 11 is 0. The van der Waals surface area contributed by atoms with Crippen LogP contribution in [0.15, 0.2) is 11.6 Å². The number of ether oxygens (including phenoxy) is 1. The Morgan fingerprint density at radius 3 is 2.37 bits per heavy atom. The van der Waals surface area contributed by atoms with Crippen LogP contribution in [0.25, 0.3) is 0 Å². The Balaban J connectivity index is 1.45. The van der Waals surface area contributed by atoms with Crippen LogP contribution in [0.5, 0.6) is 0 Å². The number of carbonyl (C=O) groups is 2. The van der Waals surface area contributed by atoms with Crippen LogP contribution < -0.4 is 0 Å². The maximum Gasteiger partial charge on any atom is 0.306 e. The zero-order valence-corrected chi connectivity index (χ0v) is 23.7. The number of carbonyl (C=O) groups excluding carboxylic acids is 1. The quantitative estimate of drug-likeness (QED) is 0.206. The number of fused-ring (bicyclic) bond motifs is 5. The van der Waals surface area contributed by atoms with Crippen molar-refractivity contribution >= 4 is 20.3 Å². The average Bonchev–Trinajstić information content (AvgIpc) is 3.17. The van der Waals surface area contributed by atoms with E-state index in [0.717, 1.165) is 32.1 Å². The number of hydrogen-bond acceptors (Lipinski definition) is 4. The first-order chi connectivity index (χ1) is 16.6. The highest BCUT2D eigenvalue weighted by Crippen LogP contribution is 2.65. The molecule has 0 aromatic heterocycles. The van der Waals surface area contributed by atoms with Gasteiger partial charge in [-0.3, -0.25) is 9.59 Å². The Bertz CT molecular complexity index is 827. The van der Waals surface area contributed by atoms with Crippen LogP contribution in [-0.2, 0) is 18.8 Å². The molecule has 0 amide bonds. The summed E-state index contributed by atoms with van der Waals surface area (Å²) in [6, 6.07) is 3.67. The van der Waals surface area contributed by atoms with Gasteiger partial charge in [0.2, 0.25) is 0 Å². The molecule has 3 fully saturated rings. The molecule has 1 N–H and O–H groups in total. The highest BCUT2D eigenvalue weighted by atomic mass is 28.4. The van der Waals surface area contributed by atoms with E-state index in [0.29, 0.717) is 23.9 Å². The number of hydrogen-bond donors (Lipinski definition) is 1. The van der Waals surface area contributed by atoms with Gasteiger partial charge in [-0.1, -0.05) is 46.3 Å². The van der Waals surface area contributed by atoms with Gasteiger partial charge in [-0.2, -0.15) is 0 Å². The topological polar surface area (TPSA) is 72.8 Å². The Hall–Kier alpha value is -1.14. The van der Waals surface area contributed by atoms with E-state index in [9.17, 15) is 9.59 Å². The van der Waals surface area contributed by atoms with E-state index in [-0.39, 0.29) is 35.7 Å². The SMILES string of the molecule is CC[Si](CC)(CC)OC1CC[C@@]2(C)C(=CC[C@H]3[C@@H]4CC[C@H](OC(=O)CCC(=O)O)[C@@]4(C)CC[C@@H]32)C1. The molecule has 0 bridgehead atoms. The molecule has 0 heterocycles. The molecule has 35 heavy (non-hydrogen) atoms. The molecule has 4 aliphatic rings. The third-order valence-corrected chi connectivity index (χ3v) is 15.8. The van der Waals surface area contributed by atoms with Gasteiger partial charge in [-0.05, 0) is 92.7 Å². The van der Waals surface area contributed by atoms with Gasteiger partial charge in [0.25, 0.3) is 0 Å². The van der Waals surface area contributed by atoms with Gasteiger partial charge in [0.05, 0.1) is 12.8 Å². The van der Waals surface area contributed by atoms with Crippen LogP contribution >= 0.6 is 0 Å². The molecule has 0 aromatic rings. The molecule has 0 aromatic carbocycles. The summed E-state index contributed by atoms with van der Waals surface area (Å²) in [6.07, 6.45) is 11.8. The van der Waals surface area contributed by atoms with Crippen LogP contribution in [0, 0.1) is 28.6 Å². The molecule has 1 unspecified atom stereocenters. The first-order valence-electron chi connectivity index (χ1n) is 14.4. The van der Waals surface area contributed by atoms with Crippen molar-refractivity contribution in [2.75, 3.05) is 0 Å². The largest absolute Gasteiger partial charge is 0.481 e. The molecular formula is C29H48O5Si. The fourth-order valence-electron chi connectivity index (χ4n) is 8.65. The van der Waals surface area contributed by atoms with E-state index < -0.39 is 14.3 Å². The molecule has 0 saturated heterocycles. The number of esters is 1. The van der Waals surface area contributed by atoms with E-state index in [1.54, 1.807) is 5.57 Å². The highest BCUT2D eigenvalue weighted by molar-refractivity contribution is 6.73. The smallest absolute Gasteiger partial charge is 0.306 e. The monoisotopic (exact) mass is 504 g/mol. The van der Waals surface area contributed by atoms with Gasteiger partial charge < -0.3 is 14.3 Å². The molecular weight excluding hydrogens is 456 g/mol. The van der Waals surface area contributed by atoms with Crippen molar-refractivity contribution in [2.24, 2.45) is 28.6 Å². The average molecular weight is 505 g/mol. The zero-order valence-electron chi connectivity index (χ0n) is 22.7. The number of aliphatic carboxylic acids is 1. The first kappa shape index (κ1) is 26.9. The summed E-state index contributed by atoms with van der Waals surface area (Å²) in [5.41, 5.74) is 1.98. The number of carboxylic acid groups (broad SMARTS) is 1. The molecule has 0 radical (unpaired) electrons. The maximum absolute atomic E-state index is 12.3. The fourth-order valence-corrected chi connectivity index (χ4v) is 11.6. The second-order valence-corrected chi connectivity index (χ2v) is 17.2. The first-order valence-corrected chi connectivity index (χ1v) is 16.9. The van der Waals surface area contributed by atoms with E-state index in [1.165, 1.54) is 37.4 Å². The lowest BCUT2D eigenvalue weighted by Gasteiger charge is -2.58. The third-order valence-electron chi connectivity index (χ3n) is 11.1. The Morgan fingerprint density at radius 2 is 1.71 bits per heavy atom. The van der Waals surface area contributed by atoms with Crippen LogP contribution in [0.3, 0.4) is 0 Å². The highest BCUT2D eigenvalue weighted by Gasteiger charge is 2.59. The van der Waals surface area contributed by atoms with Crippen molar-refractivity contribution in [3.05, 3.63) is 11.6 Å². The zero-order chi connectivity index (χ0) is 25.4. The van der Waals surface area contributed by atoms with Gasteiger partial charge in [0, 0.05) is 11.5 Å². The Labute approximate surface area is 213 Å². The molecule has 3 saturated carbocycles. The van der Waals surface area contributed by atoms with Crippen LogP contribution in [0.1, 0.15) is 98.8 Å². The minimum absolute atomic E-state index is 0.0235. The van der Waals surface area contributed by atoms with Gasteiger partial charge in [0.15, 0.2) is 8.32 Å². The molecule has 4 aliphatic carbocycles.